The van der Waals surface area contributed by atoms with Crippen molar-refractivity contribution in [2.75, 3.05) is 0 Å². The molecule has 1 rings (SSSR count). The number of cyclic esters (lactones) is 1. The highest BCUT2D eigenvalue weighted by molar-refractivity contribution is 7.80. The molecule has 3 N–H and O–H groups in total. The molecule has 5 atom stereocenters. The number of nitrogens with one attached hydrogen (secondary N) is 1. The van der Waals surface area contributed by atoms with Crippen LogP contribution in [0.5, 0.6) is 0 Å². The van der Waals surface area contributed by atoms with Gasteiger partial charge in [-0.15, -0.1) is 0 Å². The van der Waals surface area contributed by atoms with Gasteiger partial charge < -0.3 is 19.9 Å². The first-order valence-corrected chi connectivity index (χ1v) is 17.7. The molecular formula is C37H53NO10S. The standard InChI is InChI=1S/C37H53NO10S/c1-26(2)22-29(5)25-36(41)38-21-20-28(4)23-30(6)35-24-27(3)14-10-8-11-15-32(48-49(43,44)45)18-19-33(40)34(46-31(7)39)16-12-9-13-17-37(42)47-35/h8,10,13-14,17-21,23,25,30,32-35,40H,1,9,11-12,15-16,22,24H2,2-7H3,(H,38,41)(H,43,44,45)/b10-8+,17-13+,19-18+,21-20+,27-14+,28-23+,29-25-. The van der Waals surface area contributed by atoms with Crippen molar-refractivity contribution in [3.63, 3.8) is 0 Å². The van der Waals surface area contributed by atoms with Gasteiger partial charge in [-0.3, -0.25) is 14.1 Å². The van der Waals surface area contributed by atoms with E-state index in [1.165, 1.54) is 31.2 Å². The summed E-state index contributed by atoms with van der Waals surface area (Å²) in [6.07, 6.45) is 16.8. The summed E-state index contributed by atoms with van der Waals surface area (Å²) in [6, 6.07) is 0. The van der Waals surface area contributed by atoms with Crippen LogP contribution in [-0.4, -0.2) is 60.3 Å². The van der Waals surface area contributed by atoms with Crippen LogP contribution in [0.25, 0.3) is 0 Å². The van der Waals surface area contributed by atoms with Crippen molar-refractivity contribution in [3.05, 3.63) is 95.8 Å². The van der Waals surface area contributed by atoms with Crippen LogP contribution in [0.15, 0.2) is 95.8 Å². The van der Waals surface area contributed by atoms with Gasteiger partial charge in [-0.25, -0.2) is 8.98 Å². The number of hydrogen-bond donors (Lipinski definition) is 3. The first-order valence-electron chi connectivity index (χ1n) is 16.3. The number of carbonyl (C=O) groups excluding carboxylic acids is 3. The third-order valence-corrected chi connectivity index (χ3v) is 7.64. The van der Waals surface area contributed by atoms with Gasteiger partial charge in [0.2, 0.25) is 5.91 Å². The van der Waals surface area contributed by atoms with Crippen molar-refractivity contribution in [1.29, 1.82) is 0 Å². The molecule has 0 aromatic carbocycles. The minimum absolute atomic E-state index is 0.162. The van der Waals surface area contributed by atoms with Crippen molar-refractivity contribution in [3.8, 4) is 0 Å². The maximum absolute atomic E-state index is 12.8. The van der Waals surface area contributed by atoms with Crippen LogP contribution in [0, 0.1) is 5.92 Å². The minimum atomic E-state index is -4.77. The predicted octanol–water partition coefficient (Wildman–Crippen LogP) is 6.47. The Morgan fingerprint density at radius 3 is 2.51 bits per heavy atom. The van der Waals surface area contributed by atoms with E-state index >= 15 is 0 Å². The monoisotopic (exact) mass is 703 g/mol. The van der Waals surface area contributed by atoms with Gasteiger partial charge in [0.05, 0.1) is 6.10 Å². The van der Waals surface area contributed by atoms with E-state index in [1.807, 2.05) is 46.8 Å². The summed E-state index contributed by atoms with van der Waals surface area (Å²) in [4.78, 5) is 36.7. The van der Waals surface area contributed by atoms with E-state index in [-0.39, 0.29) is 24.7 Å². The summed E-state index contributed by atoms with van der Waals surface area (Å²) in [5, 5.41) is 13.4. The van der Waals surface area contributed by atoms with Crippen molar-refractivity contribution in [1.82, 2.24) is 5.32 Å². The minimum Gasteiger partial charge on any atom is -0.459 e. The first kappa shape index (κ1) is 43.2. The molecule has 1 amide bonds. The zero-order chi connectivity index (χ0) is 37.0. The third-order valence-electron chi connectivity index (χ3n) is 7.15. The number of carbonyl (C=O) groups is 3. The van der Waals surface area contributed by atoms with Crippen LogP contribution >= 0.6 is 0 Å². The quantitative estimate of drug-likeness (QED) is 0.0755. The molecule has 0 fully saturated rings. The van der Waals surface area contributed by atoms with Gasteiger partial charge in [0.25, 0.3) is 0 Å². The molecule has 0 saturated carbocycles. The van der Waals surface area contributed by atoms with E-state index in [4.69, 9.17) is 13.7 Å². The van der Waals surface area contributed by atoms with Crippen LogP contribution in [0.1, 0.15) is 86.5 Å². The van der Waals surface area contributed by atoms with Crippen molar-refractivity contribution < 1.29 is 46.1 Å². The van der Waals surface area contributed by atoms with Crippen LogP contribution in [0.2, 0.25) is 0 Å². The Morgan fingerprint density at radius 1 is 1.14 bits per heavy atom. The average Bonchev–Trinajstić information content (AvgIpc) is 2.96. The second-order valence-corrected chi connectivity index (χ2v) is 13.4. The summed E-state index contributed by atoms with van der Waals surface area (Å²) in [6.45, 7) is 14.6. The second kappa shape index (κ2) is 22.7. The van der Waals surface area contributed by atoms with Crippen molar-refractivity contribution in [2.24, 2.45) is 5.92 Å². The Balaban J connectivity index is 3.20. The number of aliphatic hydroxyl groups is 1. The highest BCUT2D eigenvalue weighted by atomic mass is 32.3. The van der Waals surface area contributed by atoms with Gasteiger partial charge in [-0.1, -0.05) is 78.3 Å². The second-order valence-electron chi connectivity index (χ2n) is 12.4. The van der Waals surface area contributed by atoms with E-state index < -0.39 is 46.8 Å². The third kappa shape index (κ3) is 21.7. The van der Waals surface area contributed by atoms with Gasteiger partial charge in [0.1, 0.15) is 18.3 Å². The molecule has 0 radical (unpaired) electrons. The van der Waals surface area contributed by atoms with Crippen LogP contribution in [-0.2, 0) is 38.4 Å². The zero-order valence-corrected chi connectivity index (χ0v) is 30.3. The van der Waals surface area contributed by atoms with E-state index in [9.17, 15) is 32.5 Å². The Bertz CT molecular complexity index is 1450. The molecule has 0 aromatic rings. The number of ether oxygens (including phenoxy) is 2. The predicted molar refractivity (Wildman–Crippen MR) is 190 cm³/mol. The molecule has 0 saturated heterocycles. The maximum atomic E-state index is 12.8. The topological polar surface area (TPSA) is 166 Å². The smallest absolute Gasteiger partial charge is 0.397 e. The van der Waals surface area contributed by atoms with Gasteiger partial charge in [-0.05, 0) is 72.3 Å². The molecule has 0 spiro atoms. The summed E-state index contributed by atoms with van der Waals surface area (Å²) < 4.78 is 48.0. The Morgan fingerprint density at radius 2 is 1.86 bits per heavy atom. The number of allylic oxidation sites excluding steroid dienone is 8. The fraction of sp³-hybridized carbons (Fsp3) is 0.486. The Labute approximate surface area is 291 Å². The van der Waals surface area contributed by atoms with Crippen molar-refractivity contribution in [2.45, 2.75) is 111 Å². The SMILES string of the molecule is C=C(C)C/C(C)=C\C(=O)N/C=C/C(C)=C/C(C)C1C/C(C)=C/C=C/CCC(OS(=O)(=O)O)/C=C/C(O)C(OC(C)=O)CCC/C=C/C(=O)O1. The first-order chi connectivity index (χ1) is 22.9. The summed E-state index contributed by atoms with van der Waals surface area (Å²) in [5.74, 6) is -1.55. The lowest BCUT2D eigenvalue weighted by atomic mass is 9.95. The molecule has 12 heteroatoms. The van der Waals surface area contributed by atoms with Crippen molar-refractivity contribution >= 4 is 28.2 Å². The Kier molecular flexibility index (Phi) is 20.0. The van der Waals surface area contributed by atoms with Gasteiger partial charge in [-0.2, -0.15) is 8.42 Å². The molecular weight excluding hydrogens is 650 g/mol. The highest BCUT2D eigenvalue weighted by Crippen LogP contribution is 2.21. The van der Waals surface area contributed by atoms with Crippen LogP contribution < -0.4 is 5.32 Å². The lowest BCUT2D eigenvalue weighted by Gasteiger charge is -2.22. The molecule has 1 aliphatic rings. The largest absolute Gasteiger partial charge is 0.459 e. The van der Waals surface area contributed by atoms with E-state index in [0.717, 1.165) is 22.3 Å². The summed E-state index contributed by atoms with van der Waals surface area (Å²) in [5.41, 5.74) is 3.66. The number of amides is 1. The van der Waals surface area contributed by atoms with E-state index in [1.54, 1.807) is 30.5 Å². The molecule has 0 aliphatic carbocycles. The molecule has 49 heavy (non-hydrogen) atoms. The number of rotatable bonds is 10. The summed E-state index contributed by atoms with van der Waals surface area (Å²) in [7, 11) is -4.77. The molecule has 272 valence electrons. The number of hydrogen-bond acceptors (Lipinski definition) is 9. The highest BCUT2D eigenvalue weighted by Gasteiger charge is 2.22. The fourth-order valence-corrected chi connectivity index (χ4v) is 5.42. The lowest BCUT2D eigenvalue weighted by Crippen LogP contribution is -2.29. The molecule has 0 aromatic heterocycles. The normalized spacial score (nSPS) is 26.4. The Hall–Kier alpha value is -3.84. The van der Waals surface area contributed by atoms with Gasteiger partial charge in [0, 0.05) is 37.6 Å². The van der Waals surface area contributed by atoms with Crippen LogP contribution in [0.4, 0.5) is 0 Å². The number of aliphatic hydroxyl groups excluding tert-OH is 1. The van der Waals surface area contributed by atoms with E-state index in [2.05, 4.69) is 11.9 Å². The lowest BCUT2D eigenvalue weighted by molar-refractivity contribution is -0.151. The zero-order valence-electron chi connectivity index (χ0n) is 29.5. The average molecular weight is 704 g/mol. The summed E-state index contributed by atoms with van der Waals surface area (Å²) >= 11 is 0. The molecule has 0 bridgehead atoms. The van der Waals surface area contributed by atoms with Gasteiger partial charge >= 0.3 is 22.3 Å². The molecule has 5 unspecified atom stereocenters. The molecule has 1 aliphatic heterocycles. The number of esters is 2. The molecule has 11 nitrogen and oxygen atoms in total. The van der Waals surface area contributed by atoms with Gasteiger partial charge in [0.15, 0.2) is 0 Å². The van der Waals surface area contributed by atoms with Crippen LogP contribution in [0.3, 0.4) is 0 Å². The maximum Gasteiger partial charge on any atom is 0.397 e. The fourth-order valence-electron chi connectivity index (χ4n) is 4.95. The van der Waals surface area contributed by atoms with E-state index in [0.29, 0.717) is 32.1 Å². The molecule has 1 heterocycles.